The number of fused-ring (bicyclic) bond motifs is 2. The number of hydrogen-bond donors (Lipinski definition) is 0. The molecule has 0 unspecified atom stereocenters. The van der Waals surface area contributed by atoms with Crippen molar-refractivity contribution in [3.8, 4) is 23.0 Å². The van der Waals surface area contributed by atoms with Crippen molar-refractivity contribution in [1.29, 1.82) is 0 Å². The van der Waals surface area contributed by atoms with Crippen molar-refractivity contribution in [3.63, 3.8) is 0 Å². The SMILES string of the molecule is CN(Cc1cc2c(cc1Br)OCO2)Cc1cc2c(cc1Br)OCO2. The summed E-state index contributed by atoms with van der Waals surface area (Å²) in [5.74, 6) is 3.16. The van der Waals surface area contributed by atoms with E-state index in [2.05, 4.69) is 43.8 Å². The van der Waals surface area contributed by atoms with Crippen molar-refractivity contribution in [2.24, 2.45) is 0 Å². The van der Waals surface area contributed by atoms with Gasteiger partial charge in [-0.2, -0.15) is 0 Å². The lowest BCUT2D eigenvalue weighted by molar-refractivity contribution is 0.173. The van der Waals surface area contributed by atoms with Crippen LogP contribution < -0.4 is 18.9 Å². The Labute approximate surface area is 156 Å². The fourth-order valence-electron chi connectivity index (χ4n) is 2.80. The zero-order valence-corrected chi connectivity index (χ0v) is 16.1. The van der Waals surface area contributed by atoms with E-state index in [1.54, 1.807) is 0 Å². The predicted molar refractivity (Wildman–Crippen MR) is 95.7 cm³/mol. The van der Waals surface area contributed by atoms with Gasteiger partial charge in [-0.25, -0.2) is 0 Å². The molecule has 2 aromatic carbocycles. The standard InChI is InChI=1S/C17H15Br2NO4/c1-20(6-10-2-14-16(4-12(10)18)23-8-21-14)7-11-3-15-17(5-13(11)19)24-9-22-15/h2-5H,6-9H2,1H3. The van der Waals surface area contributed by atoms with Gasteiger partial charge in [0, 0.05) is 22.0 Å². The zero-order chi connectivity index (χ0) is 16.7. The number of hydrogen-bond acceptors (Lipinski definition) is 5. The Morgan fingerprint density at radius 1 is 0.750 bits per heavy atom. The van der Waals surface area contributed by atoms with Gasteiger partial charge in [0.05, 0.1) is 0 Å². The van der Waals surface area contributed by atoms with Crippen LogP contribution in [0.15, 0.2) is 33.2 Å². The highest BCUT2D eigenvalue weighted by Gasteiger charge is 2.19. The largest absolute Gasteiger partial charge is 0.454 e. The molecule has 0 spiro atoms. The van der Waals surface area contributed by atoms with Crippen LogP contribution in [-0.4, -0.2) is 25.5 Å². The van der Waals surface area contributed by atoms with Crippen LogP contribution >= 0.6 is 31.9 Å². The first-order chi connectivity index (χ1) is 11.6. The smallest absolute Gasteiger partial charge is 0.231 e. The lowest BCUT2D eigenvalue weighted by atomic mass is 10.1. The molecule has 0 N–H and O–H groups in total. The molecule has 0 saturated carbocycles. The van der Waals surface area contributed by atoms with E-state index in [1.807, 2.05) is 24.3 Å². The summed E-state index contributed by atoms with van der Waals surface area (Å²) in [5.41, 5.74) is 2.30. The van der Waals surface area contributed by atoms with Crippen LogP contribution in [0.5, 0.6) is 23.0 Å². The van der Waals surface area contributed by atoms with Gasteiger partial charge in [0.15, 0.2) is 23.0 Å². The number of rotatable bonds is 4. The third-order valence-electron chi connectivity index (χ3n) is 3.96. The quantitative estimate of drug-likeness (QED) is 0.685. The summed E-state index contributed by atoms with van der Waals surface area (Å²) in [5, 5.41) is 0. The predicted octanol–water partition coefficient (Wildman–Crippen LogP) is 4.30. The Bertz CT molecular complexity index is 731. The molecular formula is C17H15Br2NO4. The first kappa shape index (κ1) is 16.1. The van der Waals surface area contributed by atoms with Gasteiger partial charge in [-0.3, -0.25) is 4.90 Å². The maximum absolute atomic E-state index is 5.46. The minimum Gasteiger partial charge on any atom is -0.454 e. The van der Waals surface area contributed by atoms with E-state index in [9.17, 15) is 0 Å². The van der Waals surface area contributed by atoms with Gasteiger partial charge in [0.25, 0.3) is 0 Å². The van der Waals surface area contributed by atoms with Crippen molar-refractivity contribution >= 4 is 31.9 Å². The average molecular weight is 457 g/mol. The van der Waals surface area contributed by atoms with Gasteiger partial charge in [-0.15, -0.1) is 0 Å². The summed E-state index contributed by atoms with van der Waals surface area (Å²) in [7, 11) is 2.08. The number of benzene rings is 2. The fraction of sp³-hybridized carbons (Fsp3) is 0.294. The average Bonchev–Trinajstić information content (AvgIpc) is 3.16. The molecule has 2 heterocycles. The van der Waals surface area contributed by atoms with Crippen molar-refractivity contribution in [2.45, 2.75) is 13.1 Å². The van der Waals surface area contributed by atoms with E-state index in [-0.39, 0.29) is 13.6 Å². The maximum Gasteiger partial charge on any atom is 0.231 e. The molecule has 0 aliphatic carbocycles. The molecule has 0 saturated heterocycles. The molecular weight excluding hydrogens is 442 g/mol. The van der Waals surface area contributed by atoms with Crippen LogP contribution in [0.4, 0.5) is 0 Å². The van der Waals surface area contributed by atoms with Crippen LogP contribution in [0, 0.1) is 0 Å². The summed E-state index contributed by atoms with van der Waals surface area (Å²) in [4.78, 5) is 2.23. The molecule has 5 nitrogen and oxygen atoms in total. The Balaban J connectivity index is 1.50. The minimum absolute atomic E-state index is 0.283. The Morgan fingerprint density at radius 2 is 1.12 bits per heavy atom. The lowest BCUT2D eigenvalue weighted by Crippen LogP contribution is -2.17. The summed E-state index contributed by atoms with van der Waals surface area (Å²) >= 11 is 7.22. The van der Waals surface area contributed by atoms with E-state index in [0.29, 0.717) is 0 Å². The maximum atomic E-state index is 5.46. The summed E-state index contributed by atoms with van der Waals surface area (Å²) in [6.45, 7) is 2.12. The highest BCUT2D eigenvalue weighted by atomic mass is 79.9. The molecule has 24 heavy (non-hydrogen) atoms. The molecule has 2 aromatic rings. The second-order valence-electron chi connectivity index (χ2n) is 5.77. The molecule has 2 aliphatic rings. The number of nitrogens with zero attached hydrogens (tertiary/aromatic N) is 1. The molecule has 0 aromatic heterocycles. The monoisotopic (exact) mass is 455 g/mol. The Morgan fingerprint density at radius 3 is 1.54 bits per heavy atom. The molecule has 7 heteroatoms. The normalized spacial score (nSPS) is 14.5. The van der Waals surface area contributed by atoms with Gasteiger partial charge in [-0.05, 0) is 42.4 Å². The van der Waals surface area contributed by atoms with Crippen molar-refractivity contribution in [3.05, 3.63) is 44.3 Å². The van der Waals surface area contributed by atoms with E-state index in [4.69, 9.17) is 18.9 Å². The van der Waals surface area contributed by atoms with E-state index in [0.717, 1.165) is 56.2 Å². The number of ether oxygens (including phenoxy) is 4. The fourth-order valence-corrected chi connectivity index (χ4v) is 3.69. The van der Waals surface area contributed by atoms with Crippen LogP contribution in [0.25, 0.3) is 0 Å². The topological polar surface area (TPSA) is 40.2 Å². The van der Waals surface area contributed by atoms with Gasteiger partial charge in [-0.1, -0.05) is 31.9 Å². The van der Waals surface area contributed by atoms with Gasteiger partial charge >= 0.3 is 0 Å². The summed E-state index contributed by atoms with van der Waals surface area (Å²) in [6, 6.07) is 7.97. The third kappa shape index (κ3) is 3.08. The van der Waals surface area contributed by atoms with Crippen LogP contribution in [-0.2, 0) is 13.1 Å². The van der Waals surface area contributed by atoms with Crippen LogP contribution in [0.3, 0.4) is 0 Å². The molecule has 4 rings (SSSR count). The first-order valence-electron chi connectivity index (χ1n) is 7.45. The van der Waals surface area contributed by atoms with Gasteiger partial charge < -0.3 is 18.9 Å². The third-order valence-corrected chi connectivity index (χ3v) is 5.44. The van der Waals surface area contributed by atoms with Crippen molar-refractivity contribution in [2.75, 3.05) is 20.6 Å². The Hall–Kier alpha value is -1.44. The highest BCUT2D eigenvalue weighted by molar-refractivity contribution is 9.10. The minimum atomic E-state index is 0.283. The van der Waals surface area contributed by atoms with Gasteiger partial charge in [0.1, 0.15) is 0 Å². The summed E-state index contributed by atoms with van der Waals surface area (Å²) < 4.78 is 23.8. The van der Waals surface area contributed by atoms with E-state index < -0.39 is 0 Å². The van der Waals surface area contributed by atoms with Crippen LogP contribution in [0.1, 0.15) is 11.1 Å². The molecule has 126 valence electrons. The lowest BCUT2D eigenvalue weighted by Gasteiger charge is -2.19. The van der Waals surface area contributed by atoms with Gasteiger partial charge in [0.2, 0.25) is 13.6 Å². The van der Waals surface area contributed by atoms with E-state index in [1.165, 1.54) is 0 Å². The molecule has 2 aliphatic heterocycles. The molecule has 0 amide bonds. The van der Waals surface area contributed by atoms with Crippen LogP contribution in [0.2, 0.25) is 0 Å². The molecule has 0 atom stereocenters. The van der Waals surface area contributed by atoms with Crippen molar-refractivity contribution < 1.29 is 18.9 Å². The highest BCUT2D eigenvalue weighted by Crippen LogP contribution is 2.39. The number of halogens is 2. The molecule has 0 radical (unpaired) electrons. The summed E-state index contributed by atoms with van der Waals surface area (Å²) in [6.07, 6.45) is 0. The zero-order valence-electron chi connectivity index (χ0n) is 13.0. The first-order valence-corrected chi connectivity index (χ1v) is 9.03. The second-order valence-corrected chi connectivity index (χ2v) is 7.47. The second kappa shape index (κ2) is 6.46. The molecule has 0 bridgehead atoms. The Kier molecular flexibility index (Phi) is 4.32. The van der Waals surface area contributed by atoms with E-state index >= 15 is 0 Å². The molecule has 0 fully saturated rings. The van der Waals surface area contributed by atoms with Crippen molar-refractivity contribution in [1.82, 2.24) is 4.90 Å².